The molecule has 0 unspecified atom stereocenters. The number of nitrogens with zero attached hydrogens (tertiary/aromatic N) is 1. The summed E-state index contributed by atoms with van der Waals surface area (Å²) in [5, 5.41) is 11.1. The van der Waals surface area contributed by atoms with Gasteiger partial charge in [0.05, 0.1) is 10.7 Å². The normalized spacial score (nSPS) is 11.3. The van der Waals surface area contributed by atoms with Crippen LogP contribution in [0.3, 0.4) is 0 Å². The number of nitro benzene ring substituents is 1. The van der Waals surface area contributed by atoms with Gasteiger partial charge in [-0.05, 0) is 23.3 Å². The Kier molecular flexibility index (Phi) is 5.12. The lowest BCUT2D eigenvalue weighted by atomic mass is 10.2. The highest BCUT2D eigenvalue weighted by Gasteiger charge is 2.12. The van der Waals surface area contributed by atoms with Crippen LogP contribution in [0.4, 0.5) is 5.69 Å². The minimum absolute atomic E-state index is 0.0738. The van der Waals surface area contributed by atoms with Gasteiger partial charge in [-0.2, -0.15) is 0 Å². The van der Waals surface area contributed by atoms with Crippen LogP contribution in [0.2, 0.25) is 5.02 Å². The predicted molar refractivity (Wildman–Crippen MR) is 84.0 cm³/mol. The molecule has 0 spiro atoms. The van der Waals surface area contributed by atoms with Crippen LogP contribution in [0.25, 0.3) is 0 Å². The van der Waals surface area contributed by atoms with Crippen LogP contribution in [0, 0.1) is 10.1 Å². The van der Waals surface area contributed by atoms with Crippen LogP contribution in [-0.2, 0) is 22.3 Å². The van der Waals surface area contributed by atoms with Gasteiger partial charge in [-0.15, -0.1) is 0 Å². The first kappa shape index (κ1) is 16.4. The average molecular weight is 341 g/mol. The first-order chi connectivity index (χ1) is 10.4. The summed E-state index contributed by atoms with van der Waals surface area (Å²) in [5.74, 6) is -0.238. The van der Waals surface area contributed by atoms with Crippen LogP contribution in [0.15, 0.2) is 48.5 Å². The lowest BCUT2D eigenvalue weighted by Crippen LogP contribution is -2.24. The molecule has 2 rings (SSSR count). The molecule has 2 aromatic rings. The van der Waals surface area contributed by atoms with Crippen molar-refractivity contribution < 1.29 is 13.3 Å². The van der Waals surface area contributed by atoms with Gasteiger partial charge in [-0.1, -0.05) is 35.9 Å². The molecule has 0 amide bonds. The van der Waals surface area contributed by atoms with Crippen molar-refractivity contribution in [2.75, 3.05) is 0 Å². The second-order valence-electron chi connectivity index (χ2n) is 4.63. The van der Waals surface area contributed by atoms with Gasteiger partial charge in [0.25, 0.3) is 5.69 Å². The summed E-state index contributed by atoms with van der Waals surface area (Å²) in [6, 6.07) is 12.3. The molecule has 0 bridgehead atoms. The van der Waals surface area contributed by atoms with Crippen LogP contribution in [0.1, 0.15) is 11.1 Å². The predicted octanol–water partition coefficient (Wildman–Crippen LogP) is 2.87. The molecular weight excluding hydrogens is 328 g/mol. The Bertz CT molecular complexity index is 758. The monoisotopic (exact) mass is 340 g/mol. The molecule has 0 saturated heterocycles. The third-order valence-corrected chi connectivity index (χ3v) is 4.46. The second-order valence-corrected chi connectivity index (χ2v) is 6.87. The average Bonchev–Trinajstić information content (AvgIpc) is 2.47. The number of sulfonamides is 1. The number of rotatable bonds is 6. The number of nitrogens with one attached hydrogen (secondary N) is 1. The third kappa shape index (κ3) is 4.80. The molecule has 116 valence electrons. The van der Waals surface area contributed by atoms with Crippen molar-refractivity contribution in [3.8, 4) is 0 Å². The Morgan fingerprint density at radius 3 is 2.09 bits per heavy atom. The SMILES string of the molecule is O=[N+]([O-])c1ccc(CS(=O)(=O)NCc2ccc(Cl)cc2)cc1. The summed E-state index contributed by atoms with van der Waals surface area (Å²) in [5.41, 5.74) is 1.20. The number of hydrogen-bond donors (Lipinski definition) is 1. The van der Waals surface area contributed by atoms with E-state index in [1.807, 2.05) is 0 Å². The second kappa shape index (κ2) is 6.87. The van der Waals surface area contributed by atoms with E-state index in [4.69, 9.17) is 11.6 Å². The molecule has 0 radical (unpaired) electrons. The Balaban J connectivity index is 1.98. The van der Waals surface area contributed by atoms with Crippen molar-refractivity contribution in [3.05, 3.63) is 74.8 Å². The van der Waals surface area contributed by atoms with Crippen molar-refractivity contribution in [2.24, 2.45) is 0 Å². The zero-order valence-electron chi connectivity index (χ0n) is 11.4. The summed E-state index contributed by atoms with van der Waals surface area (Å²) in [6.07, 6.45) is 0. The van der Waals surface area contributed by atoms with E-state index in [1.54, 1.807) is 24.3 Å². The van der Waals surface area contributed by atoms with E-state index >= 15 is 0 Å². The summed E-state index contributed by atoms with van der Waals surface area (Å²) in [4.78, 5) is 10.0. The van der Waals surface area contributed by atoms with E-state index in [1.165, 1.54) is 24.3 Å². The van der Waals surface area contributed by atoms with E-state index < -0.39 is 14.9 Å². The zero-order chi connectivity index (χ0) is 16.2. The van der Waals surface area contributed by atoms with Crippen molar-refractivity contribution in [2.45, 2.75) is 12.3 Å². The van der Waals surface area contributed by atoms with Gasteiger partial charge in [-0.3, -0.25) is 10.1 Å². The Morgan fingerprint density at radius 1 is 1.00 bits per heavy atom. The highest BCUT2D eigenvalue weighted by atomic mass is 35.5. The van der Waals surface area contributed by atoms with Crippen LogP contribution < -0.4 is 4.72 Å². The Labute approximate surface area is 132 Å². The summed E-state index contributed by atoms with van der Waals surface area (Å²) >= 11 is 5.76. The number of hydrogen-bond acceptors (Lipinski definition) is 4. The van der Waals surface area contributed by atoms with Gasteiger partial charge in [0, 0.05) is 23.7 Å². The maximum atomic E-state index is 12.0. The number of halogens is 1. The Morgan fingerprint density at radius 2 is 1.55 bits per heavy atom. The van der Waals surface area contributed by atoms with E-state index in [0.29, 0.717) is 10.6 Å². The Hall–Kier alpha value is -1.96. The van der Waals surface area contributed by atoms with E-state index in [2.05, 4.69) is 4.72 Å². The van der Waals surface area contributed by atoms with Crippen LogP contribution >= 0.6 is 11.6 Å². The molecule has 22 heavy (non-hydrogen) atoms. The van der Waals surface area contributed by atoms with E-state index in [-0.39, 0.29) is 18.0 Å². The summed E-state index contributed by atoms with van der Waals surface area (Å²) in [7, 11) is -3.53. The maximum Gasteiger partial charge on any atom is 0.269 e. The molecule has 0 aliphatic carbocycles. The minimum Gasteiger partial charge on any atom is -0.258 e. The highest BCUT2D eigenvalue weighted by Crippen LogP contribution is 2.14. The minimum atomic E-state index is -3.53. The summed E-state index contributed by atoms with van der Waals surface area (Å²) < 4.78 is 26.5. The van der Waals surface area contributed by atoms with Gasteiger partial charge in [0.15, 0.2) is 0 Å². The van der Waals surface area contributed by atoms with Gasteiger partial charge >= 0.3 is 0 Å². The van der Waals surface area contributed by atoms with Gasteiger partial charge in [0.2, 0.25) is 10.0 Å². The molecule has 0 saturated carbocycles. The maximum absolute atomic E-state index is 12.0. The van der Waals surface area contributed by atoms with Crippen LogP contribution in [-0.4, -0.2) is 13.3 Å². The topological polar surface area (TPSA) is 89.3 Å². The molecule has 6 nitrogen and oxygen atoms in total. The van der Waals surface area contributed by atoms with Crippen molar-refractivity contribution in [1.29, 1.82) is 0 Å². The standard InChI is InChI=1S/C14H13ClN2O4S/c15-13-5-1-11(2-6-13)9-16-22(20,21)10-12-3-7-14(8-4-12)17(18)19/h1-8,16H,9-10H2. The van der Waals surface area contributed by atoms with Crippen molar-refractivity contribution in [1.82, 2.24) is 4.72 Å². The highest BCUT2D eigenvalue weighted by molar-refractivity contribution is 7.88. The van der Waals surface area contributed by atoms with Crippen molar-refractivity contribution >= 4 is 27.3 Å². The first-order valence-electron chi connectivity index (χ1n) is 6.31. The fraction of sp³-hybridized carbons (Fsp3) is 0.143. The summed E-state index contributed by atoms with van der Waals surface area (Å²) in [6.45, 7) is 0.159. The largest absolute Gasteiger partial charge is 0.269 e. The van der Waals surface area contributed by atoms with Crippen molar-refractivity contribution in [3.63, 3.8) is 0 Å². The molecule has 0 fully saturated rings. The molecule has 0 atom stereocenters. The number of nitro groups is 1. The van der Waals surface area contributed by atoms with Gasteiger partial charge in [0.1, 0.15) is 0 Å². The lowest BCUT2D eigenvalue weighted by molar-refractivity contribution is -0.384. The van der Waals surface area contributed by atoms with E-state index in [0.717, 1.165) is 5.56 Å². The fourth-order valence-corrected chi connectivity index (χ4v) is 3.03. The molecular formula is C14H13ClN2O4S. The molecule has 1 N–H and O–H groups in total. The smallest absolute Gasteiger partial charge is 0.258 e. The van der Waals surface area contributed by atoms with Crippen LogP contribution in [0.5, 0.6) is 0 Å². The molecule has 0 aliphatic rings. The lowest BCUT2D eigenvalue weighted by Gasteiger charge is -2.07. The molecule has 0 heterocycles. The van der Waals surface area contributed by atoms with Gasteiger partial charge in [-0.25, -0.2) is 13.1 Å². The number of non-ortho nitro benzene ring substituents is 1. The molecule has 2 aromatic carbocycles. The molecule has 0 aromatic heterocycles. The molecule has 0 aliphatic heterocycles. The third-order valence-electron chi connectivity index (χ3n) is 2.91. The number of benzene rings is 2. The van der Waals surface area contributed by atoms with E-state index in [9.17, 15) is 18.5 Å². The fourth-order valence-electron chi connectivity index (χ4n) is 1.78. The first-order valence-corrected chi connectivity index (χ1v) is 8.34. The van der Waals surface area contributed by atoms with Gasteiger partial charge < -0.3 is 0 Å². The quantitative estimate of drug-likeness (QED) is 0.646. The zero-order valence-corrected chi connectivity index (χ0v) is 13.0. The molecule has 8 heteroatoms.